The zero-order valence-corrected chi connectivity index (χ0v) is 10.9. The van der Waals surface area contributed by atoms with Gasteiger partial charge in [-0.2, -0.15) is 0 Å². The number of fused-ring (bicyclic) bond motifs is 1. The molecule has 1 aliphatic heterocycles. The van der Waals surface area contributed by atoms with Gasteiger partial charge in [0.25, 0.3) is 5.56 Å². The van der Waals surface area contributed by atoms with Gasteiger partial charge in [-0.1, -0.05) is 15.9 Å². The lowest BCUT2D eigenvalue weighted by molar-refractivity contribution is 0.0987. The topological polar surface area (TPSA) is 52.0 Å². The second-order valence-electron chi connectivity index (χ2n) is 3.12. The number of carbonyl (C=O) groups excluding carboxylic acids is 1. The lowest BCUT2D eigenvalue weighted by Gasteiger charge is -2.15. The second-order valence-corrected chi connectivity index (χ2v) is 4.90. The molecule has 0 aliphatic carbocycles. The van der Waals surface area contributed by atoms with Crippen LogP contribution in [0.1, 0.15) is 16.3 Å². The van der Waals surface area contributed by atoms with E-state index in [9.17, 15) is 9.59 Å². The molecule has 0 fully saturated rings. The van der Waals surface area contributed by atoms with Crippen molar-refractivity contribution in [2.45, 2.75) is 11.8 Å². The fraction of sp³-hybridized carbons (Fsp3) is 0.222. The van der Waals surface area contributed by atoms with Crippen LogP contribution < -0.4 is 5.56 Å². The second kappa shape index (κ2) is 3.68. The van der Waals surface area contributed by atoms with Gasteiger partial charge < -0.3 is 0 Å². The molecule has 1 unspecified atom stereocenters. The summed E-state index contributed by atoms with van der Waals surface area (Å²) in [4.78, 5) is 27.1. The molecule has 0 aromatic carbocycles. The zero-order chi connectivity index (χ0) is 11.2. The number of alkyl halides is 1. The van der Waals surface area contributed by atoms with Gasteiger partial charge in [-0.15, -0.1) is 0 Å². The van der Waals surface area contributed by atoms with Crippen molar-refractivity contribution in [1.82, 2.24) is 9.55 Å². The standard InChI is InChI=1S/C9H6Br2N2O2/c1-4-6(11)9(15)13-3-2-5(10)7(14)8(13)12-4/h2-3,5H,1H3. The van der Waals surface area contributed by atoms with Crippen LogP contribution >= 0.6 is 31.9 Å². The average Bonchev–Trinajstić information content (AvgIpc) is 2.21. The molecule has 0 radical (unpaired) electrons. The van der Waals surface area contributed by atoms with E-state index in [-0.39, 0.29) is 17.2 Å². The maximum absolute atomic E-state index is 11.7. The van der Waals surface area contributed by atoms with Crippen LogP contribution in [0.2, 0.25) is 0 Å². The van der Waals surface area contributed by atoms with Crippen LogP contribution in [0, 0.1) is 6.92 Å². The average molecular weight is 334 g/mol. The highest BCUT2D eigenvalue weighted by molar-refractivity contribution is 9.10. The summed E-state index contributed by atoms with van der Waals surface area (Å²) in [5.41, 5.74) is 0.260. The van der Waals surface area contributed by atoms with E-state index in [1.807, 2.05) is 0 Å². The first-order valence-electron chi connectivity index (χ1n) is 4.17. The number of aryl methyl sites for hydroxylation is 1. The highest BCUT2D eigenvalue weighted by Gasteiger charge is 2.25. The van der Waals surface area contributed by atoms with Gasteiger partial charge in [-0.3, -0.25) is 14.2 Å². The first kappa shape index (κ1) is 10.8. The zero-order valence-electron chi connectivity index (χ0n) is 7.70. The Morgan fingerprint density at radius 3 is 2.80 bits per heavy atom. The molecule has 6 heteroatoms. The van der Waals surface area contributed by atoms with Crippen molar-refractivity contribution in [2.75, 3.05) is 0 Å². The van der Waals surface area contributed by atoms with Crippen molar-refractivity contribution in [2.24, 2.45) is 0 Å². The number of hydrogen-bond acceptors (Lipinski definition) is 3. The van der Waals surface area contributed by atoms with E-state index in [1.54, 1.807) is 19.2 Å². The number of nitrogens with zero attached hydrogens (tertiary/aromatic N) is 2. The third-order valence-electron chi connectivity index (χ3n) is 2.10. The van der Waals surface area contributed by atoms with E-state index in [2.05, 4.69) is 36.8 Å². The van der Waals surface area contributed by atoms with E-state index in [1.165, 1.54) is 4.57 Å². The molecule has 2 rings (SSSR count). The van der Waals surface area contributed by atoms with Crippen molar-refractivity contribution < 1.29 is 4.79 Å². The Labute approximate surface area is 102 Å². The molecule has 1 atom stereocenters. The van der Waals surface area contributed by atoms with Gasteiger partial charge in [0.1, 0.15) is 9.30 Å². The summed E-state index contributed by atoms with van der Waals surface area (Å²) in [7, 11) is 0. The summed E-state index contributed by atoms with van der Waals surface area (Å²) < 4.78 is 1.63. The smallest absolute Gasteiger partial charge is 0.272 e. The van der Waals surface area contributed by atoms with Crippen LogP contribution in [-0.2, 0) is 0 Å². The van der Waals surface area contributed by atoms with Crippen LogP contribution in [0.5, 0.6) is 0 Å². The molecule has 0 amide bonds. The first-order valence-corrected chi connectivity index (χ1v) is 5.88. The molecule has 0 N–H and O–H groups in total. The van der Waals surface area contributed by atoms with Crippen molar-refractivity contribution in [3.05, 3.63) is 32.4 Å². The van der Waals surface area contributed by atoms with Crippen molar-refractivity contribution in [3.63, 3.8) is 0 Å². The third-order valence-corrected chi connectivity index (χ3v) is 3.74. The maximum atomic E-state index is 11.7. The van der Waals surface area contributed by atoms with Gasteiger partial charge in [0, 0.05) is 6.20 Å². The van der Waals surface area contributed by atoms with Crippen molar-refractivity contribution in [3.8, 4) is 0 Å². The number of carbonyl (C=O) groups is 1. The normalized spacial score (nSPS) is 19.1. The van der Waals surface area contributed by atoms with Crippen LogP contribution in [0.4, 0.5) is 0 Å². The molecule has 0 bridgehead atoms. The monoisotopic (exact) mass is 332 g/mol. The summed E-state index contributed by atoms with van der Waals surface area (Å²) in [5, 5.41) is 0. The Bertz CT molecular complexity index is 534. The number of aromatic nitrogens is 2. The minimum atomic E-state index is -0.398. The number of allylic oxidation sites excluding steroid dienone is 1. The van der Waals surface area contributed by atoms with E-state index in [0.29, 0.717) is 10.2 Å². The molecule has 1 aromatic heterocycles. The summed E-state index contributed by atoms with van der Waals surface area (Å²) in [6.45, 7) is 1.68. The molecule has 4 nitrogen and oxygen atoms in total. The van der Waals surface area contributed by atoms with Crippen LogP contribution in [-0.4, -0.2) is 20.2 Å². The summed E-state index contributed by atoms with van der Waals surface area (Å²) in [5.74, 6) is -0.0322. The van der Waals surface area contributed by atoms with Crippen LogP contribution in [0.3, 0.4) is 0 Å². The minimum Gasteiger partial charge on any atom is -0.289 e. The SMILES string of the molecule is Cc1nc2n(c(=O)c1Br)C=CC(Br)C2=O. The maximum Gasteiger partial charge on any atom is 0.272 e. The Morgan fingerprint density at radius 2 is 2.13 bits per heavy atom. The van der Waals surface area contributed by atoms with Gasteiger partial charge in [-0.05, 0) is 28.9 Å². The first-order chi connectivity index (χ1) is 7.02. The highest BCUT2D eigenvalue weighted by Crippen LogP contribution is 2.17. The number of hydrogen-bond donors (Lipinski definition) is 0. The van der Waals surface area contributed by atoms with E-state index < -0.39 is 4.83 Å². The third kappa shape index (κ3) is 1.61. The Balaban J connectivity index is 2.80. The number of halogens is 2. The molecule has 15 heavy (non-hydrogen) atoms. The quantitative estimate of drug-likeness (QED) is 0.680. The molecule has 0 saturated heterocycles. The van der Waals surface area contributed by atoms with Crippen molar-refractivity contribution >= 4 is 43.8 Å². The summed E-state index contributed by atoms with van der Waals surface area (Å²) in [6.07, 6.45) is 3.16. The predicted octanol–water partition coefficient (Wildman–Crippen LogP) is 1.74. The predicted molar refractivity (Wildman–Crippen MR) is 63.3 cm³/mol. The number of rotatable bonds is 0. The molecule has 0 saturated carbocycles. The number of Topliss-reactive ketones (excluding diaryl/α,β-unsaturated/α-hetero) is 1. The van der Waals surface area contributed by atoms with Gasteiger partial charge in [0.05, 0.1) is 5.69 Å². The van der Waals surface area contributed by atoms with Crippen LogP contribution in [0.25, 0.3) is 6.20 Å². The fourth-order valence-electron chi connectivity index (χ4n) is 1.30. The highest BCUT2D eigenvalue weighted by atomic mass is 79.9. The lowest BCUT2D eigenvalue weighted by atomic mass is 10.2. The lowest BCUT2D eigenvalue weighted by Crippen LogP contribution is -2.31. The minimum absolute atomic E-state index is 0.171. The van der Waals surface area contributed by atoms with Crippen LogP contribution in [0.15, 0.2) is 15.3 Å². The molecule has 1 aromatic rings. The Kier molecular flexibility index (Phi) is 2.64. The summed E-state index contributed by atoms with van der Waals surface area (Å²) >= 11 is 6.33. The Morgan fingerprint density at radius 1 is 1.47 bits per heavy atom. The molecule has 1 aliphatic rings. The molecule has 0 spiro atoms. The molecular formula is C9H6Br2N2O2. The fourth-order valence-corrected chi connectivity index (χ4v) is 1.92. The van der Waals surface area contributed by atoms with Crippen molar-refractivity contribution in [1.29, 1.82) is 0 Å². The van der Waals surface area contributed by atoms with Gasteiger partial charge >= 0.3 is 0 Å². The summed E-state index contributed by atoms with van der Waals surface area (Å²) in [6, 6.07) is 0. The van der Waals surface area contributed by atoms with E-state index in [4.69, 9.17) is 0 Å². The van der Waals surface area contributed by atoms with Gasteiger partial charge in [0.15, 0.2) is 5.82 Å². The Hall–Kier alpha value is -0.750. The molecular weight excluding hydrogens is 328 g/mol. The number of ketones is 1. The van der Waals surface area contributed by atoms with Gasteiger partial charge in [-0.25, -0.2) is 4.98 Å². The van der Waals surface area contributed by atoms with E-state index >= 15 is 0 Å². The molecule has 78 valence electrons. The molecule has 2 heterocycles. The van der Waals surface area contributed by atoms with Gasteiger partial charge in [0.2, 0.25) is 5.78 Å². The largest absolute Gasteiger partial charge is 0.289 e. The van der Waals surface area contributed by atoms with E-state index in [0.717, 1.165) is 0 Å².